The molecule has 0 aliphatic carbocycles. The van der Waals surface area contributed by atoms with Crippen molar-refractivity contribution < 1.29 is 0 Å². The van der Waals surface area contributed by atoms with Crippen LogP contribution in [-0.4, -0.2) is 9.97 Å². The second kappa shape index (κ2) is 3.10. The topological polar surface area (TPSA) is 45.8 Å². The predicted octanol–water partition coefficient (Wildman–Crippen LogP) is 2.19. The molecule has 0 bridgehead atoms. The number of benzene rings is 1. The first-order valence-corrected chi connectivity index (χ1v) is 4.62. The fourth-order valence-electron chi connectivity index (χ4n) is 1.37. The van der Waals surface area contributed by atoms with Crippen molar-refractivity contribution in [2.75, 3.05) is 0 Å². The zero-order valence-electron chi connectivity index (χ0n) is 7.89. The normalized spacial score (nSPS) is 10.8. The fraction of sp³-hybridized carbons (Fsp3) is 0.200. The molecule has 0 spiro atoms. The minimum atomic E-state index is -0.192. The molecule has 14 heavy (non-hydrogen) atoms. The number of aryl methyl sites for hydroxylation is 2. The predicted molar refractivity (Wildman–Crippen MR) is 56.8 cm³/mol. The van der Waals surface area contributed by atoms with Crippen molar-refractivity contribution in [3.63, 3.8) is 0 Å². The molecule has 0 amide bonds. The number of nitrogens with one attached hydrogen (secondary N) is 1. The van der Waals surface area contributed by atoms with Crippen molar-refractivity contribution in [1.29, 1.82) is 0 Å². The molecule has 1 N–H and O–H groups in total. The summed E-state index contributed by atoms with van der Waals surface area (Å²) < 4.78 is 0. The molecule has 0 aliphatic heterocycles. The fourth-order valence-corrected chi connectivity index (χ4v) is 1.55. The van der Waals surface area contributed by atoms with Crippen molar-refractivity contribution >= 4 is 22.5 Å². The van der Waals surface area contributed by atoms with E-state index in [-0.39, 0.29) is 10.8 Å². The summed E-state index contributed by atoms with van der Waals surface area (Å²) in [6, 6.07) is 3.69. The molecule has 0 atom stereocenters. The molecule has 0 saturated carbocycles. The Hall–Kier alpha value is -1.35. The molecule has 4 heteroatoms. The van der Waals surface area contributed by atoms with Crippen molar-refractivity contribution in [3.8, 4) is 0 Å². The van der Waals surface area contributed by atoms with Crippen molar-refractivity contribution in [3.05, 3.63) is 38.9 Å². The highest BCUT2D eigenvalue weighted by Crippen LogP contribution is 2.15. The highest BCUT2D eigenvalue weighted by atomic mass is 35.5. The average molecular weight is 209 g/mol. The Bertz CT molecular complexity index is 560. The van der Waals surface area contributed by atoms with E-state index < -0.39 is 0 Å². The van der Waals surface area contributed by atoms with Crippen LogP contribution in [0.15, 0.2) is 16.9 Å². The third kappa shape index (κ3) is 1.40. The Kier molecular flexibility index (Phi) is 2.04. The van der Waals surface area contributed by atoms with Crippen LogP contribution in [0, 0.1) is 13.8 Å². The number of aromatic amines is 1. The number of hydrogen-bond acceptors (Lipinski definition) is 2. The second-order valence-corrected chi connectivity index (χ2v) is 3.67. The molecular weight excluding hydrogens is 200 g/mol. The van der Waals surface area contributed by atoms with Gasteiger partial charge in [-0.2, -0.15) is 0 Å². The highest BCUT2D eigenvalue weighted by molar-refractivity contribution is 6.28. The van der Waals surface area contributed by atoms with Crippen LogP contribution in [0.1, 0.15) is 11.1 Å². The summed E-state index contributed by atoms with van der Waals surface area (Å²) in [7, 11) is 0. The van der Waals surface area contributed by atoms with Gasteiger partial charge in [-0.3, -0.25) is 9.78 Å². The largest absolute Gasteiger partial charge is 0.297 e. The highest BCUT2D eigenvalue weighted by Gasteiger charge is 2.04. The molecular formula is C10H9ClN2O. The van der Waals surface area contributed by atoms with Gasteiger partial charge in [-0.15, -0.1) is 0 Å². The maximum absolute atomic E-state index is 11.5. The van der Waals surface area contributed by atoms with Gasteiger partial charge in [0.05, 0.1) is 10.9 Å². The standard InChI is InChI=1S/C10H9ClN2O/c1-5-3-7-8(4-6(5)2)12-10(11)13-9(7)14/h3-4H,1-2H3,(H,12,13,14). The third-order valence-corrected chi connectivity index (χ3v) is 2.47. The smallest absolute Gasteiger partial charge is 0.259 e. The Morgan fingerprint density at radius 1 is 1.29 bits per heavy atom. The summed E-state index contributed by atoms with van der Waals surface area (Å²) in [5, 5.41) is 0.711. The second-order valence-electron chi connectivity index (χ2n) is 3.31. The van der Waals surface area contributed by atoms with E-state index in [9.17, 15) is 4.79 Å². The quantitative estimate of drug-likeness (QED) is 0.675. The minimum absolute atomic E-state index is 0.130. The van der Waals surface area contributed by atoms with Gasteiger partial charge < -0.3 is 0 Å². The van der Waals surface area contributed by atoms with Gasteiger partial charge in [0, 0.05) is 0 Å². The van der Waals surface area contributed by atoms with Crippen LogP contribution in [0.5, 0.6) is 0 Å². The number of aromatic nitrogens is 2. The molecule has 3 nitrogen and oxygen atoms in total. The van der Waals surface area contributed by atoms with Crippen LogP contribution in [0.2, 0.25) is 5.28 Å². The van der Waals surface area contributed by atoms with Gasteiger partial charge in [-0.05, 0) is 48.7 Å². The number of H-pyrrole nitrogens is 1. The zero-order chi connectivity index (χ0) is 10.3. The molecule has 1 aromatic heterocycles. The molecule has 72 valence electrons. The summed E-state index contributed by atoms with van der Waals surface area (Å²) >= 11 is 5.65. The van der Waals surface area contributed by atoms with Crippen LogP contribution in [0.3, 0.4) is 0 Å². The Morgan fingerprint density at radius 2 is 1.93 bits per heavy atom. The lowest BCUT2D eigenvalue weighted by Crippen LogP contribution is -2.08. The van der Waals surface area contributed by atoms with E-state index in [0.29, 0.717) is 10.9 Å². The molecule has 0 aliphatic rings. The van der Waals surface area contributed by atoms with Gasteiger partial charge in [-0.25, -0.2) is 4.98 Å². The number of rotatable bonds is 0. The van der Waals surface area contributed by atoms with Gasteiger partial charge >= 0.3 is 0 Å². The van der Waals surface area contributed by atoms with Gasteiger partial charge in [0.25, 0.3) is 5.56 Å². The molecule has 0 fully saturated rings. The maximum atomic E-state index is 11.5. The SMILES string of the molecule is Cc1cc2nc(Cl)[nH]c(=O)c2cc1C. The number of hydrogen-bond donors (Lipinski definition) is 1. The molecule has 2 rings (SSSR count). The summed E-state index contributed by atoms with van der Waals surface area (Å²) in [4.78, 5) is 18.0. The summed E-state index contributed by atoms with van der Waals surface area (Å²) in [5.41, 5.74) is 2.63. The van der Waals surface area contributed by atoms with Crippen LogP contribution in [-0.2, 0) is 0 Å². The molecule has 0 radical (unpaired) electrons. The average Bonchev–Trinajstić information content (AvgIpc) is 2.08. The van der Waals surface area contributed by atoms with Crippen molar-refractivity contribution in [1.82, 2.24) is 9.97 Å². The lowest BCUT2D eigenvalue weighted by Gasteiger charge is -2.02. The van der Waals surface area contributed by atoms with Crippen LogP contribution in [0.4, 0.5) is 0 Å². The van der Waals surface area contributed by atoms with E-state index in [1.165, 1.54) is 0 Å². The number of nitrogens with zero attached hydrogens (tertiary/aromatic N) is 1. The van der Waals surface area contributed by atoms with Crippen LogP contribution >= 0.6 is 11.6 Å². The molecule has 2 aromatic rings. The van der Waals surface area contributed by atoms with E-state index in [1.807, 2.05) is 26.0 Å². The Labute approximate surface area is 85.7 Å². The van der Waals surface area contributed by atoms with E-state index >= 15 is 0 Å². The lowest BCUT2D eigenvalue weighted by molar-refractivity contribution is 1.16. The minimum Gasteiger partial charge on any atom is -0.297 e. The summed E-state index contributed by atoms with van der Waals surface area (Å²) in [5.74, 6) is 0. The van der Waals surface area contributed by atoms with Gasteiger partial charge in [0.15, 0.2) is 0 Å². The Morgan fingerprint density at radius 3 is 2.64 bits per heavy atom. The number of halogens is 1. The van der Waals surface area contributed by atoms with Gasteiger partial charge in [-0.1, -0.05) is 0 Å². The maximum Gasteiger partial charge on any atom is 0.259 e. The van der Waals surface area contributed by atoms with E-state index in [1.54, 1.807) is 0 Å². The zero-order valence-corrected chi connectivity index (χ0v) is 8.64. The lowest BCUT2D eigenvalue weighted by atomic mass is 10.1. The summed E-state index contributed by atoms with van der Waals surface area (Å²) in [6.07, 6.45) is 0. The molecule has 0 unspecified atom stereocenters. The first-order chi connectivity index (χ1) is 6.58. The van der Waals surface area contributed by atoms with Crippen LogP contribution < -0.4 is 5.56 Å². The summed E-state index contributed by atoms with van der Waals surface area (Å²) in [6.45, 7) is 3.94. The van der Waals surface area contributed by atoms with Crippen LogP contribution in [0.25, 0.3) is 10.9 Å². The van der Waals surface area contributed by atoms with Gasteiger partial charge in [0.2, 0.25) is 5.28 Å². The molecule has 0 saturated heterocycles. The van der Waals surface area contributed by atoms with Crippen molar-refractivity contribution in [2.24, 2.45) is 0 Å². The van der Waals surface area contributed by atoms with E-state index in [2.05, 4.69) is 9.97 Å². The van der Waals surface area contributed by atoms with Gasteiger partial charge in [0.1, 0.15) is 0 Å². The van der Waals surface area contributed by atoms with E-state index in [4.69, 9.17) is 11.6 Å². The Balaban J connectivity index is 2.96. The first kappa shape index (κ1) is 9.21. The monoisotopic (exact) mass is 208 g/mol. The van der Waals surface area contributed by atoms with Crippen molar-refractivity contribution in [2.45, 2.75) is 13.8 Å². The molecule has 1 heterocycles. The van der Waals surface area contributed by atoms with E-state index in [0.717, 1.165) is 11.1 Å². The molecule has 1 aromatic carbocycles. The third-order valence-electron chi connectivity index (χ3n) is 2.29. The first-order valence-electron chi connectivity index (χ1n) is 4.25. The number of fused-ring (bicyclic) bond motifs is 1.